The van der Waals surface area contributed by atoms with Crippen molar-refractivity contribution in [1.29, 1.82) is 5.26 Å². The lowest BCUT2D eigenvalue weighted by Gasteiger charge is -2.15. The Bertz CT molecular complexity index is 374. The third-order valence-electron chi connectivity index (χ3n) is 2.64. The van der Waals surface area contributed by atoms with E-state index in [9.17, 15) is 8.42 Å². The van der Waals surface area contributed by atoms with Crippen LogP contribution in [-0.2, 0) is 9.84 Å². The molecule has 0 aromatic carbocycles. The zero-order chi connectivity index (χ0) is 8.77. The van der Waals surface area contributed by atoms with E-state index in [1.54, 1.807) is 6.08 Å². The Morgan fingerprint density at radius 2 is 2.25 bits per heavy atom. The molecule has 2 bridgehead atoms. The van der Waals surface area contributed by atoms with E-state index in [0.29, 0.717) is 18.4 Å². The minimum Gasteiger partial charge on any atom is -0.228 e. The lowest BCUT2D eigenvalue weighted by Crippen LogP contribution is -2.26. The first-order chi connectivity index (χ1) is 5.64. The van der Waals surface area contributed by atoms with Crippen LogP contribution in [-0.4, -0.2) is 18.9 Å². The number of fused-ring (bicyclic) bond motifs is 2. The Morgan fingerprint density at radius 1 is 1.50 bits per heavy atom. The standard InChI is InChI=1S/C8H9NO2S/c9-5-6-3-7-1-2-8(4-6)12(7,10)11/h3,7-8H,1-2,4H2. The Labute approximate surface area is 71.6 Å². The minimum atomic E-state index is -2.90. The van der Waals surface area contributed by atoms with Gasteiger partial charge in [-0.3, -0.25) is 0 Å². The molecule has 0 aromatic heterocycles. The summed E-state index contributed by atoms with van der Waals surface area (Å²) < 4.78 is 23.0. The Hall–Kier alpha value is -0.820. The van der Waals surface area contributed by atoms with Crippen LogP contribution in [0.25, 0.3) is 0 Å². The summed E-state index contributed by atoms with van der Waals surface area (Å²) in [4.78, 5) is 0. The van der Waals surface area contributed by atoms with E-state index in [2.05, 4.69) is 0 Å². The number of nitrogens with zero attached hydrogens (tertiary/aromatic N) is 1. The van der Waals surface area contributed by atoms with E-state index in [1.807, 2.05) is 6.07 Å². The van der Waals surface area contributed by atoms with E-state index >= 15 is 0 Å². The number of rotatable bonds is 0. The van der Waals surface area contributed by atoms with Gasteiger partial charge in [0.05, 0.1) is 16.6 Å². The molecule has 0 radical (unpaired) electrons. The second-order valence-corrected chi connectivity index (χ2v) is 5.78. The highest BCUT2D eigenvalue weighted by Gasteiger charge is 2.43. The summed E-state index contributed by atoms with van der Waals surface area (Å²) in [6.07, 6.45) is 3.50. The molecular weight excluding hydrogens is 174 g/mol. The number of sulfone groups is 1. The van der Waals surface area contributed by atoms with Crippen molar-refractivity contribution in [2.75, 3.05) is 0 Å². The van der Waals surface area contributed by atoms with E-state index < -0.39 is 9.84 Å². The maximum absolute atomic E-state index is 11.5. The molecule has 2 atom stereocenters. The van der Waals surface area contributed by atoms with Gasteiger partial charge >= 0.3 is 0 Å². The molecule has 0 aromatic rings. The molecule has 0 aliphatic carbocycles. The molecule has 0 amide bonds. The van der Waals surface area contributed by atoms with E-state index in [1.165, 1.54) is 0 Å². The Kier molecular flexibility index (Phi) is 1.52. The third-order valence-corrected chi connectivity index (χ3v) is 5.19. The van der Waals surface area contributed by atoms with Gasteiger partial charge in [0.15, 0.2) is 9.84 Å². The van der Waals surface area contributed by atoms with Crippen molar-refractivity contribution in [2.45, 2.75) is 29.8 Å². The molecule has 0 N–H and O–H groups in total. The molecule has 0 spiro atoms. The fraction of sp³-hybridized carbons (Fsp3) is 0.625. The first kappa shape index (κ1) is 7.81. The maximum atomic E-state index is 11.5. The van der Waals surface area contributed by atoms with E-state index in [4.69, 9.17) is 5.26 Å². The van der Waals surface area contributed by atoms with Crippen molar-refractivity contribution in [3.8, 4) is 6.07 Å². The van der Waals surface area contributed by atoms with Crippen molar-refractivity contribution >= 4 is 9.84 Å². The SMILES string of the molecule is N#CC1=CC2CCC(C1)S2(=O)=O. The summed E-state index contributed by atoms with van der Waals surface area (Å²) in [5.74, 6) is 0. The van der Waals surface area contributed by atoms with Crippen LogP contribution in [0.15, 0.2) is 11.6 Å². The van der Waals surface area contributed by atoms with Gasteiger partial charge < -0.3 is 0 Å². The van der Waals surface area contributed by atoms with Crippen LogP contribution in [0.4, 0.5) is 0 Å². The predicted octanol–water partition coefficient (Wildman–Crippen LogP) is 0.786. The highest BCUT2D eigenvalue weighted by molar-refractivity contribution is 7.93. The minimum absolute atomic E-state index is 0.262. The van der Waals surface area contributed by atoms with Gasteiger partial charge in [0.25, 0.3) is 0 Å². The van der Waals surface area contributed by atoms with Gasteiger partial charge in [0, 0.05) is 5.57 Å². The first-order valence-corrected chi connectivity index (χ1v) is 5.59. The van der Waals surface area contributed by atoms with E-state index in [-0.39, 0.29) is 10.5 Å². The molecule has 3 nitrogen and oxygen atoms in total. The fourth-order valence-corrected chi connectivity index (χ4v) is 4.13. The highest BCUT2D eigenvalue weighted by Crippen LogP contribution is 2.36. The van der Waals surface area contributed by atoms with Crippen LogP contribution in [0.1, 0.15) is 19.3 Å². The van der Waals surface area contributed by atoms with Gasteiger partial charge in [0.1, 0.15) is 0 Å². The molecule has 12 heavy (non-hydrogen) atoms. The number of nitriles is 1. The maximum Gasteiger partial charge on any atom is 0.159 e. The average molecular weight is 183 g/mol. The van der Waals surface area contributed by atoms with Gasteiger partial charge in [-0.25, -0.2) is 8.42 Å². The normalized spacial score (nSPS) is 37.1. The summed E-state index contributed by atoms with van der Waals surface area (Å²) in [5, 5.41) is 7.99. The van der Waals surface area contributed by atoms with Crippen LogP contribution < -0.4 is 0 Å². The smallest absolute Gasteiger partial charge is 0.159 e. The topological polar surface area (TPSA) is 57.9 Å². The summed E-state index contributed by atoms with van der Waals surface area (Å²) >= 11 is 0. The molecule has 64 valence electrons. The molecule has 2 heterocycles. The van der Waals surface area contributed by atoms with Crippen LogP contribution in [0.5, 0.6) is 0 Å². The molecular formula is C8H9NO2S. The van der Waals surface area contributed by atoms with Crippen molar-refractivity contribution < 1.29 is 8.42 Å². The molecule has 4 heteroatoms. The second kappa shape index (κ2) is 2.33. The molecule has 1 saturated heterocycles. The largest absolute Gasteiger partial charge is 0.228 e. The van der Waals surface area contributed by atoms with Crippen LogP contribution in [0.3, 0.4) is 0 Å². The monoisotopic (exact) mass is 183 g/mol. The average Bonchev–Trinajstić information content (AvgIpc) is 2.29. The van der Waals surface area contributed by atoms with Crippen molar-refractivity contribution in [2.24, 2.45) is 0 Å². The summed E-state index contributed by atoms with van der Waals surface area (Å²) in [6, 6.07) is 2.04. The number of allylic oxidation sites excluding steroid dienone is 1. The molecule has 1 fully saturated rings. The molecule has 2 unspecified atom stereocenters. The Morgan fingerprint density at radius 3 is 2.83 bits per heavy atom. The van der Waals surface area contributed by atoms with Gasteiger partial charge in [-0.2, -0.15) is 5.26 Å². The van der Waals surface area contributed by atoms with Crippen molar-refractivity contribution in [3.63, 3.8) is 0 Å². The second-order valence-electron chi connectivity index (χ2n) is 3.33. The van der Waals surface area contributed by atoms with Gasteiger partial charge in [-0.05, 0) is 19.3 Å². The van der Waals surface area contributed by atoms with E-state index in [0.717, 1.165) is 6.42 Å². The van der Waals surface area contributed by atoms with Crippen LogP contribution in [0, 0.1) is 11.3 Å². The quantitative estimate of drug-likeness (QED) is 0.557. The van der Waals surface area contributed by atoms with Crippen molar-refractivity contribution in [1.82, 2.24) is 0 Å². The number of hydrogen-bond acceptors (Lipinski definition) is 3. The highest BCUT2D eigenvalue weighted by atomic mass is 32.2. The van der Waals surface area contributed by atoms with Gasteiger partial charge in [-0.15, -0.1) is 0 Å². The van der Waals surface area contributed by atoms with Crippen molar-refractivity contribution in [3.05, 3.63) is 11.6 Å². The summed E-state index contributed by atoms with van der Waals surface area (Å²) in [7, 11) is -2.90. The lowest BCUT2D eigenvalue weighted by molar-refractivity contribution is 0.583. The number of hydrogen-bond donors (Lipinski definition) is 0. The molecule has 2 aliphatic rings. The zero-order valence-electron chi connectivity index (χ0n) is 6.53. The third kappa shape index (κ3) is 0.896. The summed E-state index contributed by atoms with van der Waals surface area (Å²) in [6.45, 7) is 0. The first-order valence-electron chi connectivity index (χ1n) is 3.98. The van der Waals surface area contributed by atoms with Gasteiger partial charge in [0.2, 0.25) is 0 Å². The lowest BCUT2D eigenvalue weighted by atomic mass is 10.1. The fourth-order valence-electron chi connectivity index (χ4n) is 1.94. The Balaban J connectivity index is 2.47. The molecule has 2 aliphatic heterocycles. The molecule has 2 rings (SSSR count). The zero-order valence-corrected chi connectivity index (χ0v) is 7.34. The van der Waals surface area contributed by atoms with Crippen LogP contribution in [0.2, 0.25) is 0 Å². The van der Waals surface area contributed by atoms with Crippen LogP contribution >= 0.6 is 0 Å². The molecule has 0 saturated carbocycles. The van der Waals surface area contributed by atoms with Gasteiger partial charge in [-0.1, -0.05) is 6.08 Å². The summed E-state index contributed by atoms with van der Waals surface area (Å²) in [5.41, 5.74) is 0.650. The predicted molar refractivity (Wildman–Crippen MR) is 44.0 cm³/mol.